The highest BCUT2D eigenvalue weighted by Crippen LogP contribution is 2.34. The molecule has 0 unspecified atom stereocenters. The molecule has 0 bridgehead atoms. The normalized spacial score (nSPS) is 15.2. The number of anilines is 1. The second-order valence-corrected chi connectivity index (χ2v) is 8.03. The zero-order chi connectivity index (χ0) is 20.2. The smallest absolute Gasteiger partial charge is 0.298 e. The van der Waals surface area contributed by atoms with E-state index in [9.17, 15) is 4.79 Å². The number of ether oxygens (including phenoxy) is 1. The topological polar surface area (TPSA) is 56.2 Å². The third-order valence-corrected chi connectivity index (χ3v) is 6.19. The van der Waals surface area contributed by atoms with Crippen molar-refractivity contribution in [3.63, 3.8) is 0 Å². The van der Waals surface area contributed by atoms with E-state index in [0.717, 1.165) is 23.5 Å². The minimum atomic E-state index is 0.446. The minimum Gasteiger partial charge on any atom is -0.429 e. The Morgan fingerprint density at radius 1 is 1.14 bits per heavy atom. The van der Waals surface area contributed by atoms with Crippen molar-refractivity contribution in [3.8, 4) is 5.75 Å². The van der Waals surface area contributed by atoms with Gasteiger partial charge in [-0.15, -0.1) is 0 Å². The fraction of sp³-hybridized carbons (Fsp3) is 0.417. The lowest BCUT2D eigenvalue weighted by atomic mass is 10.0. The molecule has 2 aromatic carbocycles. The van der Waals surface area contributed by atoms with E-state index in [-0.39, 0.29) is 0 Å². The number of carbonyl (C=O) groups is 1. The van der Waals surface area contributed by atoms with Crippen molar-refractivity contribution in [2.45, 2.75) is 65.0 Å². The third kappa shape index (κ3) is 4.14. The van der Waals surface area contributed by atoms with Gasteiger partial charge in [-0.25, -0.2) is 4.98 Å². The zero-order valence-corrected chi connectivity index (χ0v) is 17.3. The lowest BCUT2D eigenvalue weighted by Gasteiger charge is -2.21. The molecule has 5 heteroatoms. The second-order valence-electron chi connectivity index (χ2n) is 8.03. The minimum absolute atomic E-state index is 0.446. The molecule has 1 heterocycles. The molecular weight excluding hydrogens is 362 g/mol. The molecule has 4 rings (SSSR count). The molecule has 0 amide bonds. The molecular formula is C24H29N3O2. The molecule has 152 valence electrons. The summed E-state index contributed by atoms with van der Waals surface area (Å²) in [4.78, 5) is 15.6. The van der Waals surface area contributed by atoms with Crippen LogP contribution >= 0.6 is 0 Å². The maximum atomic E-state index is 10.7. The molecule has 1 fully saturated rings. The standard InChI is InChI=1S/C24H29N3O2/c1-17-8-7-9-19(18(17)2)15-25-24-26-22-14-21(29-16-28)12-13-23(22)27(24)20-10-5-3-4-6-11-20/h7-9,12-14,16,20H,3-6,10-11,15H2,1-2H3,(H,25,26). The van der Waals surface area contributed by atoms with Crippen LogP contribution in [-0.4, -0.2) is 16.0 Å². The summed E-state index contributed by atoms with van der Waals surface area (Å²) in [7, 11) is 0. The van der Waals surface area contributed by atoms with Gasteiger partial charge in [0.25, 0.3) is 6.47 Å². The highest BCUT2D eigenvalue weighted by atomic mass is 16.5. The van der Waals surface area contributed by atoms with Gasteiger partial charge in [-0.1, -0.05) is 43.9 Å². The van der Waals surface area contributed by atoms with Gasteiger partial charge in [0.2, 0.25) is 5.95 Å². The maximum Gasteiger partial charge on any atom is 0.298 e. The molecule has 0 aliphatic heterocycles. The van der Waals surface area contributed by atoms with Crippen LogP contribution in [0.2, 0.25) is 0 Å². The molecule has 1 aliphatic rings. The summed E-state index contributed by atoms with van der Waals surface area (Å²) in [6, 6.07) is 12.6. The van der Waals surface area contributed by atoms with Crippen molar-refractivity contribution in [1.29, 1.82) is 0 Å². The van der Waals surface area contributed by atoms with Gasteiger partial charge in [0, 0.05) is 18.7 Å². The summed E-state index contributed by atoms with van der Waals surface area (Å²) >= 11 is 0. The zero-order valence-electron chi connectivity index (χ0n) is 17.3. The largest absolute Gasteiger partial charge is 0.429 e. The van der Waals surface area contributed by atoms with Crippen LogP contribution in [-0.2, 0) is 11.3 Å². The van der Waals surface area contributed by atoms with Gasteiger partial charge in [0.1, 0.15) is 5.75 Å². The lowest BCUT2D eigenvalue weighted by molar-refractivity contribution is -0.120. The van der Waals surface area contributed by atoms with Crippen LogP contribution in [0.4, 0.5) is 5.95 Å². The van der Waals surface area contributed by atoms with E-state index in [1.54, 1.807) is 0 Å². The number of aromatic nitrogens is 2. The summed E-state index contributed by atoms with van der Waals surface area (Å²) in [6.45, 7) is 5.52. The van der Waals surface area contributed by atoms with Crippen molar-refractivity contribution in [3.05, 3.63) is 53.1 Å². The first-order chi connectivity index (χ1) is 14.2. The number of rotatable bonds is 6. The summed E-state index contributed by atoms with van der Waals surface area (Å²) in [5.41, 5.74) is 5.86. The molecule has 0 atom stereocenters. The van der Waals surface area contributed by atoms with E-state index in [1.807, 2.05) is 18.2 Å². The van der Waals surface area contributed by atoms with Crippen molar-refractivity contribution in [2.24, 2.45) is 0 Å². The van der Waals surface area contributed by atoms with Crippen LogP contribution in [0.5, 0.6) is 5.75 Å². The van der Waals surface area contributed by atoms with Crippen molar-refractivity contribution in [1.82, 2.24) is 9.55 Å². The first kappa shape index (κ1) is 19.5. The van der Waals surface area contributed by atoms with E-state index >= 15 is 0 Å². The van der Waals surface area contributed by atoms with Crippen molar-refractivity contribution in [2.75, 3.05) is 5.32 Å². The lowest BCUT2D eigenvalue weighted by Crippen LogP contribution is -2.13. The number of hydrogen-bond donors (Lipinski definition) is 1. The Morgan fingerprint density at radius 2 is 1.93 bits per heavy atom. The number of imidazole rings is 1. The van der Waals surface area contributed by atoms with Crippen LogP contribution in [0.3, 0.4) is 0 Å². The second kappa shape index (κ2) is 8.68. The third-order valence-electron chi connectivity index (χ3n) is 6.19. The average Bonchev–Trinajstić information content (AvgIpc) is 2.88. The highest BCUT2D eigenvalue weighted by Gasteiger charge is 2.21. The average molecular weight is 392 g/mol. The number of nitrogens with zero attached hydrogens (tertiary/aromatic N) is 2. The molecule has 3 aromatic rings. The predicted molar refractivity (Wildman–Crippen MR) is 116 cm³/mol. The Labute approximate surface area is 172 Å². The first-order valence-electron chi connectivity index (χ1n) is 10.6. The first-order valence-corrected chi connectivity index (χ1v) is 10.6. The number of benzene rings is 2. The van der Waals surface area contributed by atoms with Gasteiger partial charge >= 0.3 is 0 Å². The molecule has 0 saturated heterocycles. The van der Waals surface area contributed by atoms with Crippen molar-refractivity contribution >= 4 is 23.5 Å². The monoisotopic (exact) mass is 391 g/mol. The van der Waals surface area contributed by atoms with E-state index in [2.05, 4.69) is 41.9 Å². The Bertz CT molecular complexity index is 1000. The fourth-order valence-corrected chi connectivity index (χ4v) is 4.40. The Balaban J connectivity index is 1.70. The van der Waals surface area contributed by atoms with Gasteiger partial charge in [0.05, 0.1) is 11.0 Å². The van der Waals surface area contributed by atoms with Crippen molar-refractivity contribution < 1.29 is 9.53 Å². The van der Waals surface area contributed by atoms with Gasteiger partial charge in [-0.05, 0) is 55.5 Å². The van der Waals surface area contributed by atoms with E-state index < -0.39 is 0 Å². The van der Waals surface area contributed by atoms with Crippen LogP contribution in [0.15, 0.2) is 36.4 Å². The maximum absolute atomic E-state index is 10.7. The Morgan fingerprint density at radius 3 is 2.69 bits per heavy atom. The summed E-state index contributed by atoms with van der Waals surface area (Å²) in [5, 5.41) is 3.60. The van der Waals surface area contributed by atoms with Crippen LogP contribution in [0.25, 0.3) is 11.0 Å². The molecule has 5 nitrogen and oxygen atoms in total. The number of aryl methyl sites for hydroxylation is 1. The van der Waals surface area contributed by atoms with Crippen LogP contribution in [0.1, 0.15) is 61.3 Å². The molecule has 0 radical (unpaired) electrons. The summed E-state index contributed by atoms with van der Waals surface area (Å²) < 4.78 is 7.41. The summed E-state index contributed by atoms with van der Waals surface area (Å²) in [6.07, 6.45) is 7.49. The van der Waals surface area contributed by atoms with Crippen LogP contribution < -0.4 is 10.1 Å². The van der Waals surface area contributed by atoms with Gasteiger partial charge in [-0.3, -0.25) is 4.79 Å². The highest BCUT2D eigenvalue weighted by molar-refractivity contribution is 5.81. The molecule has 29 heavy (non-hydrogen) atoms. The summed E-state index contributed by atoms with van der Waals surface area (Å²) in [5.74, 6) is 1.43. The SMILES string of the molecule is Cc1cccc(CNc2nc3cc(OC=O)ccc3n2C2CCCCCC2)c1C. The molecule has 0 spiro atoms. The Hall–Kier alpha value is -2.82. The predicted octanol–water partition coefficient (Wildman–Crippen LogP) is 5.70. The van der Waals surface area contributed by atoms with E-state index in [0.29, 0.717) is 18.3 Å². The van der Waals surface area contributed by atoms with E-state index in [1.165, 1.54) is 55.2 Å². The molecule has 1 N–H and O–H groups in total. The number of nitrogens with one attached hydrogen (secondary N) is 1. The van der Waals surface area contributed by atoms with Gasteiger partial charge < -0.3 is 14.6 Å². The fourth-order valence-electron chi connectivity index (χ4n) is 4.40. The Kier molecular flexibility index (Phi) is 5.84. The van der Waals surface area contributed by atoms with E-state index in [4.69, 9.17) is 9.72 Å². The van der Waals surface area contributed by atoms with Gasteiger partial charge in [-0.2, -0.15) is 0 Å². The molecule has 1 saturated carbocycles. The van der Waals surface area contributed by atoms with Crippen LogP contribution in [0, 0.1) is 13.8 Å². The molecule has 1 aliphatic carbocycles. The quantitative estimate of drug-likeness (QED) is 0.433. The number of hydrogen-bond acceptors (Lipinski definition) is 4. The molecule has 1 aromatic heterocycles. The number of carbonyl (C=O) groups excluding carboxylic acids is 1. The van der Waals surface area contributed by atoms with Gasteiger partial charge in [0.15, 0.2) is 0 Å². The number of fused-ring (bicyclic) bond motifs is 1.